The highest BCUT2D eigenvalue weighted by atomic mass is 32.2. The number of halogens is 1. The minimum Gasteiger partial charge on any atom is -0.352 e. The van der Waals surface area contributed by atoms with Crippen molar-refractivity contribution >= 4 is 27.5 Å². The molecule has 202 valence electrons. The maximum atomic E-state index is 14.9. The van der Waals surface area contributed by atoms with Gasteiger partial charge in [-0.15, -0.1) is 0 Å². The third-order valence-electron chi connectivity index (χ3n) is 6.04. The summed E-state index contributed by atoms with van der Waals surface area (Å²) in [5.41, 5.74) is 2.36. The van der Waals surface area contributed by atoms with Gasteiger partial charge in [0.05, 0.1) is 10.6 Å². The molecule has 0 saturated carbocycles. The van der Waals surface area contributed by atoms with Crippen LogP contribution in [0.25, 0.3) is 0 Å². The molecule has 0 heterocycles. The average molecular weight is 540 g/mol. The van der Waals surface area contributed by atoms with Crippen LogP contribution in [0.4, 0.5) is 10.1 Å². The Labute approximate surface area is 224 Å². The van der Waals surface area contributed by atoms with E-state index in [1.165, 1.54) is 35.2 Å². The third kappa shape index (κ3) is 6.98. The van der Waals surface area contributed by atoms with Crippen LogP contribution in [-0.4, -0.2) is 43.8 Å². The molecular weight excluding hydrogens is 505 g/mol. The largest absolute Gasteiger partial charge is 0.352 e. The number of hydrogen-bond acceptors (Lipinski definition) is 4. The highest BCUT2D eigenvalue weighted by Crippen LogP contribution is 2.27. The second-order valence-corrected chi connectivity index (χ2v) is 11.5. The normalized spacial score (nSPS) is 12.2. The standard InChI is InChI=1S/C29H34FN3O4S/c1-20(2)31-29(35)23(5)32(18-24-10-8-9-22(4)17-24)28(34)19-33(27-12-7-6-11-26(27)30)38(36,37)25-15-13-21(3)14-16-25/h6-17,20,23H,18-19H2,1-5H3,(H,31,35)/t23-/m1/s1. The van der Waals surface area contributed by atoms with Crippen LogP contribution in [-0.2, 0) is 26.2 Å². The van der Waals surface area contributed by atoms with Crippen molar-refractivity contribution in [2.45, 2.75) is 58.1 Å². The molecule has 1 atom stereocenters. The third-order valence-corrected chi connectivity index (χ3v) is 7.82. The summed E-state index contributed by atoms with van der Waals surface area (Å²) in [6.45, 7) is 8.33. The Bertz CT molecular complexity index is 1390. The van der Waals surface area contributed by atoms with Crippen LogP contribution >= 0.6 is 0 Å². The van der Waals surface area contributed by atoms with E-state index in [1.54, 1.807) is 19.1 Å². The van der Waals surface area contributed by atoms with Crippen molar-refractivity contribution in [1.82, 2.24) is 10.2 Å². The molecule has 0 aliphatic rings. The number of para-hydroxylation sites is 1. The number of benzene rings is 3. The predicted molar refractivity (Wildman–Crippen MR) is 147 cm³/mol. The molecule has 0 saturated heterocycles. The van der Waals surface area contributed by atoms with Gasteiger partial charge in [0.2, 0.25) is 11.8 Å². The van der Waals surface area contributed by atoms with Crippen LogP contribution < -0.4 is 9.62 Å². The molecule has 0 aromatic heterocycles. The number of anilines is 1. The molecule has 1 N–H and O–H groups in total. The smallest absolute Gasteiger partial charge is 0.264 e. The summed E-state index contributed by atoms with van der Waals surface area (Å²) in [4.78, 5) is 28.0. The Morgan fingerprint density at radius 1 is 0.895 bits per heavy atom. The molecule has 3 aromatic rings. The van der Waals surface area contributed by atoms with Gasteiger partial charge in [-0.1, -0.05) is 59.7 Å². The molecule has 0 radical (unpaired) electrons. The number of nitrogens with one attached hydrogen (secondary N) is 1. The minimum atomic E-state index is -4.32. The van der Waals surface area contributed by atoms with Crippen LogP contribution in [0.3, 0.4) is 0 Å². The molecule has 3 rings (SSSR count). The van der Waals surface area contributed by atoms with E-state index in [2.05, 4.69) is 5.32 Å². The second kappa shape index (κ2) is 12.2. The predicted octanol–water partition coefficient (Wildman–Crippen LogP) is 4.58. The molecule has 0 bridgehead atoms. The van der Waals surface area contributed by atoms with Crippen molar-refractivity contribution in [2.24, 2.45) is 0 Å². The van der Waals surface area contributed by atoms with Crippen LogP contribution in [0.15, 0.2) is 77.7 Å². The molecule has 0 unspecified atom stereocenters. The number of nitrogens with zero attached hydrogens (tertiary/aromatic N) is 2. The fraction of sp³-hybridized carbons (Fsp3) is 0.310. The molecule has 3 aromatic carbocycles. The quantitative estimate of drug-likeness (QED) is 0.409. The number of rotatable bonds is 10. The zero-order chi connectivity index (χ0) is 28.0. The maximum absolute atomic E-state index is 14.9. The monoisotopic (exact) mass is 539 g/mol. The number of carbonyl (C=O) groups excluding carboxylic acids is 2. The van der Waals surface area contributed by atoms with Crippen molar-refractivity contribution in [3.05, 3.63) is 95.3 Å². The molecule has 0 aliphatic carbocycles. The molecule has 0 fully saturated rings. The minimum absolute atomic E-state index is 0.0723. The lowest BCUT2D eigenvalue weighted by molar-refractivity contribution is -0.139. The molecule has 38 heavy (non-hydrogen) atoms. The van der Waals surface area contributed by atoms with Gasteiger partial charge in [0, 0.05) is 12.6 Å². The lowest BCUT2D eigenvalue weighted by Crippen LogP contribution is -2.52. The van der Waals surface area contributed by atoms with E-state index in [1.807, 2.05) is 52.0 Å². The van der Waals surface area contributed by atoms with Crippen LogP contribution in [0.1, 0.15) is 37.5 Å². The van der Waals surface area contributed by atoms with Crippen molar-refractivity contribution in [1.29, 1.82) is 0 Å². The Kier molecular flexibility index (Phi) is 9.27. The molecule has 0 aliphatic heterocycles. The van der Waals surface area contributed by atoms with E-state index in [0.717, 1.165) is 27.1 Å². The SMILES string of the molecule is Cc1ccc(S(=O)(=O)N(CC(=O)N(Cc2cccc(C)c2)[C@H](C)C(=O)NC(C)C)c2ccccc2F)cc1. The first-order valence-corrected chi connectivity index (χ1v) is 13.8. The fourth-order valence-electron chi connectivity index (χ4n) is 4.00. The Morgan fingerprint density at radius 3 is 2.16 bits per heavy atom. The molecule has 7 nitrogen and oxygen atoms in total. The van der Waals surface area contributed by atoms with Crippen LogP contribution in [0.5, 0.6) is 0 Å². The van der Waals surface area contributed by atoms with E-state index in [-0.39, 0.29) is 29.1 Å². The topological polar surface area (TPSA) is 86.8 Å². The molecule has 0 spiro atoms. The Hall–Kier alpha value is -3.72. The van der Waals surface area contributed by atoms with E-state index in [0.29, 0.717) is 0 Å². The zero-order valence-corrected chi connectivity index (χ0v) is 23.1. The fourth-order valence-corrected chi connectivity index (χ4v) is 5.42. The van der Waals surface area contributed by atoms with Crippen LogP contribution in [0, 0.1) is 19.7 Å². The second-order valence-electron chi connectivity index (χ2n) is 9.63. The molecular formula is C29H34FN3O4S. The van der Waals surface area contributed by atoms with Gasteiger partial charge in [-0.25, -0.2) is 12.8 Å². The summed E-state index contributed by atoms with van der Waals surface area (Å²) < 4.78 is 43.1. The average Bonchev–Trinajstić information content (AvgIpc) is 2.85. The zero-order valence-electron chi connectivity index (χ0n) is 22.3. The van der Waals surface area contributed by atoms with Crippen molar-refractivity contribution in [3.8, 4) is 0 Å². The van der Waals surface area contributed by atoms with Gasteiger partial charge >= 0.3 is 0 Å². The van der Waals surface area contributed by atoms with Gasteiger partial charge in [0.1, 0.15) is 18.4 Å². The summed E-state index contributed by atoms with van der Waals surface area (Å²) in [5, 5.41) is 2.81. The number of sulfonamides is 1. The first kappa shape index (κ1) is 28.8. The van der Waals surface area contributed by atoms with Crippen LogP contribution in [0.2, 0.25) is 0 Å². The summed E-state index contributed by atoms with van der Waals surface area (Å²) in [7, 11) is -4.32. The van der Waals surface area contributed by atoms with Gasteiger partial charge in [-0.3, -0.25) is 13.9 Å². The maximum Gasteiger partial charge on any atom is 0.264 e. The highest BCUT2D eigenvalue weighted by molar-refractivity contribution is 7.92. The first-order chi connectivity index (χ1) is 17.9. The Balaban J connectivity index is 2.05. The highest BCUT2D eigenvalue weighted by Gasteiger charge is 2.33. The van der Waals surface area contributed by atoms with E-state index >= 15 is 0 Å². The summed E-state index contributed by atoms with van der Waals surface area (Å²) in [5.74, 6) is -1.80. The molecule has 2 amide bonds. The van der Waals surface area contributed by atoms with Crippen molar-refractivity contribution < 1.29 is 22.4 Å². The number of hydrogen-bond donors (Lipinski definition) is 1. The first-order valence-electron chi connectivity index (χ1n) is 12.4. The van der Waals surface area contributed by atoms with Gasteiger partial charge in [-0.2, -0.15) is 0 Å². The number of carbonyl (C=O) groups is 2. The lowest BCUT2D eigenvalue weighted by Gasteiger charge is -2.32. The summed E-state index contributed by atoms with van der Waals surface area (Å²) in [6.07, 6.45) is 0. The summed E-state index contributed by atoms with van der Waals surface area (Å²) in [6, 6.07) is 17.9. The number of amides is 2. The number of aryl methyl sites for hydroxylation is 2. The van der Waals surface area contributed by atoms with E-state index in [4.69, 9.17) is 0 Å². The van der Waals surface area contributed by atoms with Gasteiger partial charge in [0.25, 0.3) is 10.0 Å². The van der Waals surface area contributed by atoms with Crippen molar-refractivity contribution in [3.63, 3.8) is 0 Å². The van der Waals surface area contributed by atoms with Gasteiger partial charge in [-0.05, 0) is 64.4 Å². The Morgan fingerprint density at radius 2 is 1.55 bits per heavy atom. The van der Waals surface area contributed by atoms with Gasteiger partial charge in [0.15, 0.2) is 0 Å². The summed E-state index contributed by atoms with van der Waals surface area (Å²) >= 11 is 0. The van der Waals surface area contributed by atoms with E-state index < -0.39 is 34.3 Å². The molecule has 9 heteroatoms. The van der Waals surface area contributed by atoms with Gasteiger partial charge < -0.3 is 10.2 Å². The van der Waals surface area contributed by atoms with Crippen molar-refractivity contribution in [2.75, 3.05) is 10.8 Å². The van der Waals surface area contributed by atoms with E-state index in [9.17, 15) is 22.4 Å². The lowest BCUT2D eigenvalue weighted by atomic mass is 10.1.